The first-order chi connectivity index (χ1) is 11.8. The van der Waals surface area contributed by atoms with Gasteiger partial charge in [0.05, 0.1) is 6.61 Å². The summed E-state index contributed by atoms with van der Waals surface area (Å²) in [5.41, 5.74) is 3.92. The summed E-state index contributed by atoms with van der Waals surface area (Å²) in [5.74, 6) is 0.979. The van der Waals surface area contributed by atoms with Gasteiger partial charge in [0, 0.05) is 13.1 Å². The third-order valence-corrected chi connectivity index (χ3v) is 4.22. The van der Waals surface area contributed by atoms with Crippen LogP contribution in [0, 0.1) is 6.92 Å². The molecule has 24 heavy (non-hydrogen) atoms. The van der Waals surface area contributed by atoms with E-state index in [0.29, 0.717) is 0 Å². The van der Waals surface area contributed by atoms with Crippen LogP contribution < -0.4 is 10.1 Å². The average Bonchev–Trinajstić information content (AvgIpc) is 2.61. The summed E-state index contributed by atoms with van der Waals surface area (Å²) in [7, 11) is 0. The van der Waals surface area contributed by atoms with Crippen molar-refractivity contribution in [2.24, 2.45) is 0 Å². The summed E-state index contributed by atoms with van der Waals surface area (Å²) in [5, 5.41) is 3.49. The normalized spacial score (nSPS) is 10.8. The van der Waals surface area contributed by atoms with Crippen molar-refractivity contribution < 1.29 is 4.74 Å². The average molecular weight is 325 g/mol. The Labute approximate surface area is 147 Å². The van der Waals surface area contributed by atoms with Gasteiger partial charge in [0.1, 0.15) is 5.75 Å². The van der Waals surface area contributed by atoms with Crippen molar-refractivity contribution in [2.45, 2.75) is 59.0 Å². The Balaban J connectivity index is 1.63. The van der Waals surface area contributed by atoms with Gasteiger partial charge >= 0.3 is 0 Å². The highest BCUT2D eigenvalue weighted by Gasteiger charge is 1.97. The summed E-state index contributed by atoms with van der Waals surface area (Å²) in [6, 6.07) is 17.1. The van der Waals surface area contributed by atoms with Gasteiger partial charge in [-0.15, -0.1) is 0 Å². The third kappa shape index (κ3) is 7.18. The molecule has 0 unspecified atom stereocenters. The summed E-state index contributed by atoms with van der Waals surface area (Å²) in [6.45, 7) is 6.97. The van der Waals surface area contributed by atoms with Gasteiger partial charge in [-0.25, -0.2) is 0 Å². The Morgan fingerprint density at radius 2 is 1.33 bits per heavy atom. The Hall–Kier alpha value is -1.80. The largest absolute Gasteiger partial charge is 0.494 e. The molecule has 0 aliphatic carbocycles. The number of aryl methyl sites for hydroxylation is 1. The molecule has 0 saturated carbocycles. The summed E-state index contributed by atoms with van der Waals surface area (Å²) in [4.78, 5) is 0. The fourth-order valence-corrected chi connectivity index (χ4v) is 2.66. The minimum Gasteiger partial charge on any atom is -0.494 e. The molecule has 2 heteroatoms. The number of hydrogen-bond donors (Lipinski definition) is 1. The zero-order chi connectivity index (χ0) is 17.0. The number of ether oxygens (including phenoxy) is 1. The molecule has 2 aromatic carbocycles. The van der Waals surface area contributed by atoms with Crippen molar-refractivity contribution in [3.63, 3.8) is 0 Å². The Bertz CT molecular complexity index is 560. The van der Waals surface area contributed by atoms with Gasteiger partial charge in [0.2, 0.25) is 0 Å². The zero-order valence-corrected chi connectivity index (χ0v) is 15.2. The van der Waals surface area contributed by atoms with Gasteiger partial charge in [0.25, 0.3) is 0 Å². The van der Waals surface area contributed by atoms with E-state index in [1.165, 1.54) is 42.4 Å². The van der Waals surface area contributed by atoms with Crippen LogP contribution in [0.4, 0.5) is 0 Å². The lowest BCUT2D eigenvalue weighted by Crippen LogP contribution is -2.12. The molecule has 2 aromatic rings. The fourth-order valence-electron chi connectivity index (χ4n) is 2.66. The number of benzene rings is 2. The molecule has 0 atom stereocenters. The number of hydrogen-bond acceptors (Lipinski definition) is 2. The molecule has 0 aliphatic rings. The molecule has 0 fully saturated rings. The minimum atomic E-state index is 0.828. The monoisotopic (exact) mass is 325 g/mol. The van der Waals surface area contributed by atoms with Crippen molar-refractivity contribution >= 4 is 0 Å². The van der Waals surface area contributed by atoms with E-state index in [1.54, 1.807) is 0 Å². The maximum absolute atomic E-state index is 5.81. The lowest BCUT2D eigenvalue weighted by molar-refractivity contribution is 0.304. The van der Waals surface area contributed by atoms with Gasteiger partial charge in [-0.05, 0) is 36.6 Å². The number of nitrogens with one attached hydrogen (secondary N) is 1. The van der Waals surface area contributed by atoms with Gasteiger partial charge in [-0.1, -0.05) is 74.6 Å². The summed E-state index contributed by atoms with van der Waals surface area (Å²) in [6.07, 6.45) is 6.38. The van der Waals surface area contributed by atoms with Crippen LogP contribution in [0.3, 0.4) is 0 Å². The predicted octanol–water partition coefficient (Wildman–Crippen LogP) is 5.63. The Morgan fingerprint density at radius 1 is 0.750 bits per heavy atom. The standard InChI is InChI=1S/C22H31NO/c1-3-4-5-6-7-16-24-22-14-12-21(13-15-22)18-23-17-20-10-8-19(2)9-11-20/h8-15,23H,3-7,16-18H2,1-2H3. The fraction of sp³-hybridized carbons (Fsp3) is 0.455. The predicted molar refractivity (Wildman–Crippen MR) is 102 cm³/mol. The van der Waals surface area contributed by atoms with Gasteiger partial charge in [0.15, 0.2) is 0 Å². The molecule has 0 radical (unpaired) electrons. The maximum Gasteiger partial charge on any atom is 0.119 e. The molecule has 1 N–H and O–H groups in total. The Morgan fingerprint density at radius 3 is 1.96 bits per heavy atom. The lowest BCUT2D eigenvalue weighted by atomic mass is 10.1. The molecule has 130 valence electrons. The molecule has 0 saturated heterocycles. The maximum atomic E-state index is 5.81. The summed E-state index contributed by atoms with van der Waals surface area (Å²) < 4.78 is 5.81. The van der Waals surface area contributed by atoms with Crippen LogP contribution in [0.25, 0.3) is 0 Å². The molecule has 0 bridgehead atoms. The molecule has 0 aromatic heterocycles. The van der Waals surface area contributed by atoms with Crippen LogP contribution in [-0.4, -0.2) is 6.61 Å². The van der Waals surface area contributed by atoms with E-state index in [0.717, 1.165) is 31.9 Å². The first-order valence-electron chi connectivity index (χ1n) is 9.26. The highest BCUT2D eigenvalue weighted by Crippen LogP contribution is 2.13. The van der Waals surface area contributed by atoms with E-state index in [-0.39, 0.29) is 0 Å². The molecular formula is C22H31NO. The van der Waals surface area contributed by atoms with Crippen molar-refractivity contribution in [3.05, 3.63) is 65.2 Å². The minimum absolute atomic E-state index is 0.828. The molecule has 0 heterocycles. The SMILES string of the molecule is CCCCCCCOc1ccc(CNCc2ccc(C)cc2)cc1. The number of unbranched alkanes of at least 4 members (excludes halogenated alkanes) is 4. The smallest absolute Gasteiger partial charge is 0.119 e. The highest BCUT2D eigenvalue weighted by atomic mass is 16.5. The highest BCUT2D eigenvalue weighted by molar-refractivity contribution is 5.27. The van der Waals surface area contributed by atoms with Crippen molar-refractivity contribution in [3.8, 4) is 5.75 Å². The third-order valence-electron chi connectivity index (χ3n) is 4.22. The second kappa shape index (κ2) is 10.9. The first-order valence-corrected chi connectivity index (χ1v) is 9.26. The molecule has 2 nitrogen and oxygen atoms in total. The number of rotatable bonds is 11. The van der Waals surface area contributed by atoms with Gasteiger partial charge < -0.3 is 10.1 Å². The van der Waals surface area contributed by atoms with Crippen LogP contribution in [0.1, 0.15) is 55.7 Å². The van der Waals surface area contributed by atoms with Crippen molar-refractivity contribution in [2.75, 3.05) is 6.61 Å². The quantitative estimate of drug-likeness (QED) is 0.540. The van der Waals surface area contributed by atoms with E-state index in [1.807, 2.05) is 0 Å². The molecule has 0 aliphatic heterocycles. The topological polar surface area (TPSA) is 21.3 Å². The van der Waals surface area contributed by atoms with E-state index in [4.69, 9.17) is 4.74 Å². The van der Waals surface area contributed by atoms with Crippen LogP contribution >= 0.6 is 0 Å². The van der Waals surface area contributed by atoms with Crippen LogP contribution in [0.5, 0.6) is 5.75 Å². The first kappa shape index (κ1) is 18.5. The second-order valence-corrected chi connectivity index (χ2v) is 6.50. The molecule has 2 rings (SSSR count). The second-order valence-electron chi connectivity index (χ2n) is 6.50. The van der Waals surface area contributed by atoms with Crippen molar-refractivity contribution in [1.82, 2.24) is 5.32 Å². The molecule has 0 amide bonds. The van der Waals surface area contributed by atoms with Crippen LogP contribution in [0.15, 0.2) is 48.5 Å². The van der Waals surface area contributed by atoms with E-state index in [2.05, 4.69) is 67.7 Å². The van der Waals surface area contributed by atoms with Gasteiger partial charge in [-0.2, -0.15) is 0 Å². The van der Waals surface area contributed by atoms with E-state index >= 15 is 0 Å². The van der Waals surface area contributed by atoms with E-state index < -0.39 is 0 Å². The summed E-state index contributed by atoms with van der Waals surface area (Å²) >= 11 is 0. The van der Waals surface area contributed by atoms with Crippen molar-refractivity contribution in [1.29, 1.82) is 0 Å². The lowest BCUT2D eigenvalue weighted by Gasteiger charge is -2.08. The van der Waals surface area contributed by atoms with Crippen LogP contribution in [-0.2, 0) is 13.1 Å². The van der Waals surface area contributed by atoms with E-state index in [9.17, 15) is 0 Å². The van der Waals surface area contributed by atoms with Gasteiger partial charge in [-0.3, -0.25) is 0 Å². The molecular weight excluding hydrogens is 294 g/mol. The van der Waals surface area contributed by atoms with Crippen LogP contribution in [0.2, 0.25) is 0 Å². The molecule has 0 spiro atoms. The zero-order valence-electron chi connectivity index (χ0n) is 15.2. The Kier molecular flexibility index (Phi) is 8.40.